The second kappa shape index (κ2) is 8.98. The summed E-state index contributed by atoms with van der Waals surface area (Å²) in [5, 5.41) is 8.15. The molecule has 8 heteroatoms. The van der Waals surface area contributed by atoms with Gasteiger partial charge in [0, 0.05) is 19.0 Å². The highest BCUT2D eigenvalue weighted by Gasteiger charge is 2.33. The van der Waals surface area contributed by atoms with Gasteiger partial charge in [-0.1, -0.05) is 42.8 Å². The van der Waals surface area contributed by atoms with Crippen molar-refractivity contribution >= 4 is 5.78 Å². The van der Waals surface area contributed by atoms with Crippen molar-refractivity contribution < 1.29 is 18.0 Å². The highest BCUT2D eigenvalue weighted by Crippen LogP contribution is 2.32. The third-order valence-corrected chi connectivity index (χ3v) is 4.48. The maximum absolute atomic E-state index is 13.1. The summed E-state index contributed by atoms with van der Waals surface area (Å²) in [6.45, 7) is 2.10. The maximum Gasteiger partial charge on any atom is 0.416 e. The van der Waals surface area contributed by atoms with Crippen LogP contribution in [-0.2, 0) is 30.2 Å². The van der Waals surface area contributed by atoms with E-state index in [1.54, 1.807) is 16.8 Å². The van der Waals surface area contributed by atoms with E-state index in [4.69, 9.17) is 0 Å². The van der Waals surface area contributed by atoms with Crippen molar-refractivity contribution in [1.29, 1.82) is 0 Å². The van der Waals surface area contributed by atoms with Crippen molar-refractivity contribution in [3.8, 4) is 5.82 Å². The maximum atomic E-state index is 13.1. The average Bonchev–Trinajstić information content (AvgIpc) is 3.15. The lowest BCUT2D eigenvalue weighted by Gasteiger charge is -2.12. The van der Waals surface area contributed by atoms with Gasteiger partial charge in [-0.05, 0) is 36.1 Å². The minimum atomic E-state index is -4.48. The molecule has 0 bridgehead atoms. The molecule has 0 spiro atoms. The van der Waals surface area contributed by atoms with Crippen LogP contribution in [0.25, 0.3) is 5.82 Å². The molecule has 3 rings (SSSR count). The molecule has 0 atom stereocenters. The zero-order valence-corrected chi connectivity index (χ0v) is 16.0. The van der Waals surface area contributed by atoms with E-state index in [0.29, 0.717) is 11.4 Å². The molecule has 29 heavy (non-hydrogen) atoms. The first-order valence-electron chi connectivity index (χ1n) is 9.40. The van der Waals surface area contributed by atoms with Crippen molar-refractivity contribution in [2.75, 3.05) is 0 Å². The molecule has 3 aromatic rings. The van der Waals surface area contributed by atoms with E-state index in [-0.39, 0.29) is 24.2 Å². The molecule has 152 valence electrons. The number of halogens is 3. The fraction of sp³-hybridized carbons (Fsp3) is 0.333. The number of aryl methyl sites for hydroxylation is 1. The summed E-state index contributed by atoms with van der Waals surface area (Å²) >= 11 is 0. The number of rotatable bonds is 8. The van der Waals surface area contributed by atoms with Gasteiger partial charge in [-0.25, -0.2) is 9.67 Å². The first-order chi connectivity index (χ1) is 13.9. The number of hydrogen-bond donors (Lipinski definition) is 0. The molecule has 0 aliphatic carbocycles. The molecule has 1 aromatic carbocycles. The van der Waals surface area contributed by atoms with Gasteiger partial charge in [0.2, 0.25) is 0 Å². The number of ketones is 1. The Labute approximate surface area is 166 Å². The van der Waals surface area contributed by atoms with Crippen molar-refractivity contribution in [2.45, 2.75) is 45.2 Å². The third-order valence-electron chi connectivity index (χ3n) is 4.48. The predicted octanol–water partition coefficient (Wildman–Crippen LogP) is 4.38. The van der Waals surface area contributed by atoms with E-state index < -0.39 is 11.7 Å². The number of carbonyl (C=O) groups excluding carboxylic acids is 1. The Morgan fingerprint density at radius 2 is 1.90 bits per heavy atom. The van der Waals surface area contributed by atoms with Gasteiger partial charge in [0.05, 0.1) is 17.5 Å². The lowest BCUT2D eigenvalue weighted by molar-refractivity contribution is -0.138. The van der Waals surface area contributed by atoms with Crippen LogP contribution in [0.15, 0.2) is 48.8 Å². The standard InChI is InChI=1S/C21H21F3N4O/c1-2-3-7-17-14-28(27-26-17)20-10-9-15(13-25-20)11-18(29)12-16-6-4-5-8-19(16)21(22,23)24/h4-6,8-10,13-14H,2-3,7,11-12H2,1H3. The van der Waals surface area contributed by atoms with Gasteiger partial charge in [0.1, 0.15) is 5.78 Å². The van der Waals surface area contributed by atoms with Crippen LogP contribution < -0.4 is 0 Å². The SMILES string of the molecule is CCCCc1cn(-c2ccc(CC(=O)Cc3ccccc3C(F)(F)F)cn2)nn1. The zero-order valence-electron chi connectivity index (χ0n) is 16.0. The second-order valence-corrected chi connectivity index (χ2v) is 6.83. The van der Waals surface area contributed by atoms with Gasteiger partial charge < -0.3 is 0 Å². The summed E-state index contributed by atoms with van der Waals surface area (Å²) in [7, 11) is 0. The van der Waals surface area contributed by atoms with Crippen LogP contribution in [0.4, 0.5) is 13.2 Å². The van der Waals surface area contributed by atoms with E-state index >= 15 is 0 Å². The largest absolute Gasteiger partial charge is 0.416 e. The molecule has 0 amide bonds. The molecule has 5 nitrogen and oxygen atoms in total. The van der Waals surface area contributed by atoms with Crippen LogP contribution >= 0.6 is 0 Å². The molecular formula is C21H21F3N4O. The smallest absolute Gasteiger partial charge is 0.299 e. The van der Waals surface area contributed by atoms with E-state index in [1.807, 2.05) is 6.20 Å². The molecule has 2 heterocycles. The van der Waals surface area contributed by atoms with Gasteiger partial charge in [-0.15, -0.1) is 5.10 Å². The molecule has 0 saturated heterocycles. The van der Waals surface area contributed by atoms with Crippen LogP contribution in [0, 0.1) is 0 Å². The number of benzene rings is 1. The van der Waals surface area contributed by atoms with Crippen LogP contribution in [0.3, 0.4) is 0 Å². The molecule has 0 aliphatic heterocycles. The number of alkyl halides is 3. The van der Waals surface area contributed by atoms with E-state index in [0.717, 1.165) is 31.0 Å². The van der Waals surface area contributed by atoms with Crippen molar-refractivity contribution in [1.82, 2.24) is 20.0 Å². The van der Waals surface area contributed by atoms with Crippen molar-refractivity contribution in [3.05, 3.63) is 71.2 Å². The molecule has 2 aromatic heterocycles. The van der Waals surface area contributed by atoms with Crippen LogP contribution in [0.2, 0.25) is 0 Å². The Bertz CT molecular complexity index is 965. The summed E-state index contributed by atoms with van der Waals surface area (Å²) < 4.78 is 40.8. The summed E-state index contributed by atoms with van der Waals surface area (Å²) in [5.41, 5.74) is 0.731. The molecule has 0 N–H and O–H groups in total. The number of Topliss-reactive ketones (excluding diaryl/α,β-unsaturated/α-hetero) is 1. The Balaban J connectivity index is 1.64. The number of unbranched alkanes of at least 4 members (excludes halogenated alkanes) is 1. The predicted molar refractivity (Wildman–Crippen MR) is 102 cm³/mol. The van der Waals surface area contributed by atoms with Gasteiger partial charge in [0.25, 0.3) is 0 Å². The van der Waals surface area contributed by atoms with E-state index in [2.05, 4.69) is 22.2 Å². The number of pyridine rings is 1. The average molecular weight is 402 g/mol. The summed E-state index contributed by atoms with van der Waals surface area (Å²) in [5.74, 6) is 0.262. The molecule has 0 fully saturated rings. The quantitative estimate of drug-likeness (QED) is 0.561. The third kappa shape index (κ3) is 5.49. The minimum absolute atomic E-state index is 0.0125. The first-order valence-corrected chi connectivity index (χ1v) is 9.40. The molecular weight excluding hydrogens is 381 g/mol. The van der Waals surface area contributed by atoms with Crippen molar-refractivity contribution in [2.24, 2.45) is 0 Å². The Morgan fingerprint density at radius 3 is 2.59 bits per heavy atom. The lowest BCUT2D eigenvalue weighted by Crippen LogP contribution is -2.14. The van der Waals surface area contributed by atoms with Crippen molar-refractivity contribution in [3.63, 3.8) is 0 Å². The van der Waals surface area contributed by atoms with Crippen LogP contribution in [0.5, 0.6) is 0 Å². The van der Waals surface area contributed by atoms with E-state index in [9.17, 15) is 18.0 Å². The summed E-state index contributed by atoms with van der Waals surface area (Å²) in [6.07, 6.45) is 1.56. The molecule has 0 saturated carbocycles. The highest BCUT2D eigenvalue weighted by atomic mass is 19.4. The topological polar surface area (TPSA) is 60.7 Å². The highest BCUT2D eigenvalue weighted by molar-refractivity contribution is 5.83. The van der Waals surface area contributed by atoms with Gasteiger partial charge in [-0.3, -0.25) is 4.79 Å². The number of carbonyl (C=O) groups is 1. The Morgan fingerprint density at radius 1 is 1.10 bits per heavy atom. The minimum Gasteiger partial charge on any atom is -0.299 e. The number of hydrogen-bond acceptors (Lipinski definition) is 4. The van der Waals surface area contributed by atoms with E-state index in [1.165, 1.54) is 24.4 Å². The first kappa shape index (κ1) is 20.7. The van der Waals surface area contributed by atoms with Crippen LogP contribution in [0.1, 0.15) is 42.1 Å². The second-order valence-electron chi connectivity index (χ2n) is 6.83. The van der Waals surface area contributed by atoms with Gasteiger partial charge in [-0.2, -0.15) is 13.2 Å². The number of nitrogens with zero attached hydrogens (tertiary/aromatic N) is 4. The Hall–Kier alpha value is -3.03. The summed E-state index contributed by atoms with van der Waals surface area (Å²) in [4.78, 5) is 16.6. The number of aromatic nitrogens is 4. The Kier molecular flexibility index (Phi) is 6.41. The molecule has 0 aliphatic rings. The lowest BCUT2D eigenvalue weighted by atomic mass is 9.99. The summed E-state index contributed by atoms with van der Waals surface area (Å²) in [6, 6.07) is 8.58. The fourth-order valence-corrected chi connectivity index (χ4v) is 2.99. The molecule has 0 unspecified atom stereocenters. The van der Waals surface area contributed by atoms with Gasteiger partial charge >= 0.3 is 6.18 Å². The monoisotopic (exact) mass is 402 g/mol. The fourth-order valence-electron chi connectivity index (χ4n) is 2.99. The zero-order chi connectivity index (χ0) is 20.9. The van der Waals surface area contributed by atoms with Crippen LogP contribution in [-0.4, -0.2) is 25.8 Å². The normalized spacial score (nSPS) is 11.6. The molecule has 0 radical (unpaired) electrons. The van der Waals surface area contributed by atoms with Gasteiger partial charge in [0.15, 0.2) is 5.82 Å².